The zero-order valence-corrected chi connectivity index (χ0v) is 5.43. The molecule has 0 aromatic carbocycles. The van der Waals surface area contributed by atoms with Gasteiger partial charge in [-0.15, -0.1) is 0 Å². The minimum absolute atomic E-state index is 0.0139. The van der Waals surface area contributed by atoms with E-state index in [0.29, 0.717) is 0 Å². The lowest BCUT2D eigenvalue weighted by Crippen LogP contribution is -2.02. The third kappa shape index (κ3) is 0.671. The molecule has 0 nitrogen and oxygen atoms in total. The zero-order valence-electron chi connectivity index (χ0n) is 3.84. The zero-order chi connectivity index (χ0) is 5.71. The molecule has 0 saturated heterocycles. The summed E-state index contributed by atoms with van der Waals surface area (Å²) in [5, 5.41) is 0. The Kier molecular flexibility index (Phi) is 0.795. The van der Waals surface area contributed by atoms with Crippen molar-refractivity contribution >= 4 is 15.9 Å². The topological polar surface area (TPSA) is 0 Å². The molecule has 2 unspecified atom stereocenters. The molecular formula is C4H5BrF2. The molecule has 0 aliphatic heterocycles. The van der Waals surface area contributed by atoms with Crippen LogP contribution in [0.25, 0.3) is 0 Å². The van der Waals surface area contributed by atoms with Gasteiger partial charge >= 0.3 is 0 Å². The van der Waals surface area contributed by atoms with Gasteiger partial charge in [0.1, 0.15) is 0 Å². The van der Waals surface area contributed by atoms with Crippen LogP contribution >= 0.6 is 15.9 Å². The second kappa shape index (κ2) is 1.02. The predicted molar refractivity (Wildman–Crippen MR) is 26.9 cm³/mol. The van der Waals surface area contributed by atoms with Gasteiger partial charge in [-0.05, 0) is 22.9 Å². The second-order valence-electron chi connectivity index (χ2n) is 2.08. The molecule has 7 heavy (non-hydrogen) atoms. The molecule has 2 atom stereocenters. The van der Waals surface area contributed by atoms with Gasteiger partial charge in [0.2, 0.25) is 4.58 Å². The van der Waals surface area contributed by atoms with Crippen LogP contribution in [0.15, 0.2) is 0 Å². The Morgan fingerprint density at radius 1 is 1.57 bits per heavy atom. The maximum absolute atomic E-state index is 12.2. The molecule has 0 N–H and O–H groups in total. The highest BCUT2D eigenvalue weighted by Crippen LogP contribution is 2.58. The molecule has 0 aromatic rings. The third-order valence-corrected chi connectivity index (χ3v) is 2.30. The Hall–Kier alpha value is 0.340. The molecule has 1 aliphatic rings. The number of hydrogen-bond donors (Lipinski definition) is 0. The predicted octanol–water partition coefficient (Wildman–Crippen LogP) is 2.18. The van der Waals surface area contributed by atoms with Gasteiger partial charge in [-0.25, -0.2) is 8.78 Å². The molecule has 1 aliphatic carbocycles. The van der Waals surface area contributed by atoms with Crippen LogP contribution in [0, 0.1) is 0 Å². The van der Waals surface area contributed by atoms with Gasteiger partial charge in [-0.2, -0.15) is 0 Å². The van der Waals surface area contributed by atoms with Crippen LogP contribution in [0.1, 0.15) is 13.3 Å². The monoisotopic (exact) mass is 170 g/mol. The molecule has 42 valence electrons. The van der Waals surface area contributed by atoms with Gasteiger partial charge in [-0.3, -0.25) is 0 Å². The summed E-state index contributed by atoms with van der Waals surface area (Å²) >= 11 is 2.57. The molecule has 0 radical (unpaired) electrons. The van der Waals surface area contributed by atoms with Crippen molar-refractivity contribution < 1.29 is 8.78 Å². The maximum atomic E-state index is 12.2. The first-order chi connectivity index (χ1) is 2.96. The van der Waals surface area contributed by atoms with Gasteiger partial charge in [0.05, 0.1) is 0 Å². The summed E-state index contributed by atoms with van der Waals surface area (Å²) in [5.41, 5.74) is -1.60. The van der Waals surface area contributed by atoms with Crippen LogP contribution in [0.4, 0.5) is 8.78 Å². The van der Waals surface area contributed by atoms with E-state index in [2.05, 4.69) is 15.9 Å². The van der Waals surface area contributed by atoms with Crippen molar-refractivity contribution in [3.8, 4) is 0 Å². The van der Waals surface area contributed by atoms with E-state index in [0.717, 1.165) is 0 Å². The summed E-state index contributed by atoms with van der Waals surface area (Å²) < 4.78 is 22.6. The van der Waals surface area contributed by atoms with Gasteiger partial charge in [-0.1, -0.05) is 0 Å². The molecule has 3 heteroatoms. The number of alkyl halides is 3. The molecule has 1 saturated carbocycles. The average molecular weight is 171 g/mol. The fourth-order valence-electron chi connectivity index (χ4n) is 0.373. The van der Waals surface area contributed by atoms with Crippen molar-refractivity contribution in [1.29, 1.82) is 0 Å². The van der Waals surface area contributed by atoms with Crippen molar-refractivity contribution in [2.24, 2.45) is 0 Å². The molecule has 0 bridgehead atoms. The minimum Gasteiger partial charge on any atom is -0.239 e. The van der Waals surface area contributed by atoms with E-state index >= 15 is 0 Å². The molecular weight excluding hydrogens is 166 g/mol. The molecule has 1 fully saturated rings. The molecule has 0 amide bonds. The van der Waals surface area contributed by atoms with Crippen LogP contribution in [-0.2, 0) is 0 Å². The fraction of sp³-hybridized carbons (Fsp3) is 1.00. The average Bonchev–Trinajstić information content (AvgIpc) is 1.63. The van der Waals surface area contributed by atoms with Gasteiger partial charge in [0, 0.05) is 6.42 Å². The summed E-state index contributed by atoms with van der Waals surface area (Å²) in [6.07, 6.45) is -0.0139. The van der Waals surface area contributed by atoms with Crippen LogP contribution < -0.4 is 0 Å². The quantitative estimate of drug-likeness (QED) is 0.490. The Labute approximate surface area is 49.0 Å². The van der Waals surface area contributed by atoms with Crippen LogP contribution in [0.2, 0.25) is 0 Å². The van der Waals surface area contributed by atoms with Gasteiger partial charge in [0.25, 0.3) is 0 Å². The van der Waals surface area contributed by atoms with Crippen LogP contribution in [-0.4, -0.2) is 10.2 Å². The van der Waals surface area contributed by atoms with Crippen molar-refractivity contribution in [3.05, 3.63) is 0 Å². The SMILES string of the molecule is CC1(F)CC1(F)Br. The van der Waals surface area contributed by atoms with E-state index in [-0.39, 0.29) is 6.42 Å². The van der Waals surface area contributed by atoms with Crippen molar-refractivity contribution in [3.63, 3.8) is 0 Å². The van der Waals surface area contributed by atoms with Crippen LogP contribution in [0.5, 0.6) is 0 Å². The lowest BCUT2D eigenvalue weighted by atomic mass is 10.5. The lowest BCUT2D eigenvalue weighted by Gasteiger charge is -1.93. The van der Waals surface area contributed by atoms with Crippen molar-refractivity contribution in [1.82, 2.24) is 0 Å². The van der Waals surface area contributed by atoms with E-state index in [4.69, 9.17) is 0 Å². The molecule has 0 heterocycles. The van der Waals surface area contributed by atoms with E-state index in [9.17, 15) is 8.78 Å². The van der Waals surface area contributed by atoms with E-state index < -0.39 is 10.2 Å². The van der Waals surface area contributed by atoms with Gasteiger partial charge < -0.3 is 0 Å². The summed E-state index contributed by atoms with van der Waals surface area (Å²) in [7, 11) is 0. The Bertz CT molecular complexity index is 85.9. The maximum Gasteiger partial charge on any atom is 0.201 e. The van der Waals surface area contributed by atoms with Gasteiger partial charge in [0.15, 0.2) is 5.67 Å². The number of halogens is 3. The summed E-state index contributed by atoms with van der Waals surface area (Å²) in [4.78, 5) is 0. The summed E-state index contributed by atoms with van der Waals surface area (Å²) in [5.74, 6) is 0. The first-order valence-corrected chi connectivity index (χ1v) is 2.82. The van der Waals surface area contributed by atoms with Crippen molar-refractivity contribution in [2.45, 2.75) is 23.6 Å². The normalized spacial score (nSPS) is 60.0. The Morgan fingerprint density at radius 3 is 1.71 bits per heavy atom. The van der Waals surface area contributed by atoms with E-state index in [1.807, 2.05) is 0 Å². The molecule has 0 spiro atoms. The largest absolute Gasteiger partial charge is 0.239 e. The summed E-state index contributed by atoms with van der Waals surface area (Å²) in [6, 6.07) is 0. The number of rotatable bonds is 0. The van der Waals surface area contributed by atoms with E-state index in [1.165, 1.54) is 6.92 Å². The highest BCUT2D eigenvalue weighted by Gasteiger charge is 2.66. The highest BCUT2D eigenvalue weighted by atomic mass is 79.9. The highest BCUT2D eigenvalue weighted by molar-refractivity contribution is 9.10. The third-order valence-electron chi connectivity index (χ3n) is 1.19. The van der Waals surface area contributed by atoms with E-state index in [1.54, 1.807) is 0 Å². The Morgan fingerprint density at radius 2 is 1.71 bits per heavy atom. The first kappa shape index (κ1) is 5.48. The van der Waals surface area contributed by atoms with Crippen molar-refractivity contribution in [2.75, 3.05) is 0 Å². The minimum atomic E-state index is -1.71. The van der Waals surface area contributed by atoms with Crippen LogP contribution in [0.3, 0.4) is 0 Å². The fourth-order valence-corrected chi connectivity index (χ4v) is 0.899. The Balaban J connectivity index is 2.59. The molecule has 0 aromatic heterocycles. The lowest BCUT2D eigenvalue weighted by molar-refractivity contribution is 0.256. The second-order valence-corrected chi connectivity index (χ2v) is 3.34. The standard InChI is InChI=1S/C4H5BrF2/c1-3(6)2-4(3,5)7/h2H2,1H3. The summed E-state index contributed by atoms with van der Waals surface area (Å²) in [6.45, 7) is 1.24. The first-order valence-electron chi connectivity index (χ1n) is 2.02. The smallest absolute Gasteiger partial charge is 0.201 e. The number of hydrogen-bond acceptors (Lipinski definition) is 0. The molecule has 1 rings (SSSR count).